The van der Waals surface area contributed by atoms with Gasteiger partial charge < -0.3 is 9.64 Å². The Labute approximate surface area is 159 Å². The van der Waals surface area contributed by atoms with Crippen LogP contribution in [0.3, 0.4) is 0 Å². The number of hydrogen-bond acceptors (Lipinski definition) is 5. The number of ketones is 1. The lowest BCUT2D eigenvalue weighted by Gasteiger charge is -2.30. The highest BCUT2D eigenvalue weighted by Gasteiger charge is 2.30. The molecule has 2 aromatic rings. The second kappa shape index (κ2) is 7.32. The van der Waals surface area contributed by atoms with Crippen LogP contribution in [0.4, 0.5) is 11.4 Å². The molecule has 6 nitrogen and oxygen atoms in total. The Kier molecular flexibility index (Phi) is 4.88. The van der Waals surface area contributed by atoms with Gasteiger partial charge in [-0.1, -0.05) is 24.3 Å². The van der Waals surface area contributed by atoms with Crippen LogP contribution in [0.2, 0.25) is 0 Å². The zero-order chi connectivity index (χ0) is 18.9. The number of rotatable bonds is 6. The Morgan fingerprint density at radius 1 is 1.00 bits per heavy atom. The second-order valence-electron chi connectivity index (χ2n) is 6.88. The second-order valence-corrected chi connectivity index (χ2v) is 8.57. The van der Waals surface area contributed by atoms with E-state index in [-0.39, 0.29) is 16.6 Å². The predicted molar refractivity (Wildman–Crippen MR) is 104 cm³/mol. The third kappa shape index (κ3) is 3.99. The van der Waals surface area contributed by atoms with Crippen molar-refractivity contribution in [3.05, 3.63) is 54.1 Å². The third-order valence-electron chi connectivity index (χ3n) is 4.90. The Hall–Kier alpha value is -2.38. The fraction of sp³-hybridized carbons (Fsp3) is 0.350. The van der Waals surface area contributed by atoms with Gasteiger partial charge in [-0.3, -0.25) is 9.52 Å². The normalized spacial score (nSPS) is 17.6. The zero-order valence-corrected chi connectivity index (χ0v) is 15.7. The lowest BCUT2D eigenvalue weighted by atomic mass is 10.1. The summed E-state index contributed by atoms with van der Waals surface area (Å²) in [6.45, 7) is 2.68. The summed E-state index contributed by atoms with van der Waals surface area (Å²) in [6, 6.07) is 13.5. The summed E-state index contributed by atoms with van der Waals surface area (Å²) in [4.78, 5) is 14.4. The van der Waals surface area contributed by atoms with E-state index in [9.17, 15) is 13.2 Å². The lowest BCUT2D eigenvalue weighted by Crippen LogP contribution is -2.36. The van der Waals surface area contributed by atoms with Gasteiger partial charge in [0.05, 0.1) is 29.5 Å². The SMILES string of the molecule is O=C(c1ccc(S(=O)(=O)Nc2ccccc2N2CCOCC2)cc1)C1CC1. The van der Waals surface area contributed by atoms with Crippen molar-refractivity contribution in [2.75, 3.05) is 35.9 Å². The molecule has 1 aliphatic carbocycles. The topological polar surface area (TPSA) is 75.7 Å². The number of carbonyl (C=O) groups is 1. The number of benzene rings is 2. The van der Waals surface area contributed by atoms with Gasteiger partial charge in [-0.2, -0.15) is 0 Å². The number of hydrogen-bond donors (Lipinski definition) is 1. The maximum absolute atomic E-state index is 12.8. The molecule has 1 N–H and O–H groups in total. The summed E-state index contributed by atoms with van der Waals surface area (Å²) >= 11 is 0. The molecule has 1 aliphatic heterocycles. The highest BCUT2D eigenvalue weighted by Crippen LogP contribution is 2.33. The van der Waals surface area contributed by atoms with Gasteiger partial charge in [-0.15, -0.1) is 0 Å². The van der Waals surface area contributed by atoms with E-state index in [1.54, 1.807) is 24.3 Å². The van der Waals surface area contributed by atoms with Gasteiger partial charge >= 0.3 is 0 Å². The first-order chi connectivity index (χ1) is 13.0. The van der Waals surface area contributed by atoms with E-state index in [0.717, 1.165) is 31.6 Å². The molecule has 2 fully saturated rings. The Balaban J connectivity index is 1.55. The van der Waals surface area contributed by atoms with Gasteiger partial charge in [-0.05, 0) is 37.1 Å². The smallest absolute Gasteiger partial charge is 0.261 e. The van der Waals surface area contributed by atoms with Crippen LogP contribution < -0.4 is 9.62 Å². The minimum Gasteiger partial charge on any atom is -0.378 e. The van der Waals surface area contributed by atoms with Crippen molar-refractivity contribution in [2.24, 2.45) is 5.92 Å². The van der Waals surface area contributed by atoms with Gasteiger partial charge in [0.25, 0.3) is 10.0 Å². The Morgan fingerprint density at radius 2 is 1.67 bits per heavy atom. The molecular formula is C20H22N2O4S. The maximum Gasteiger partial charge on any atom is 0.261 e. The molecule has 0 spiro atoms. The summed E-state index contributed by atoms with van der Waals surface area (Å²) in [5, 5.41) is 0. The number of para-hydroxylation sites is 2. The first-order valence-electron chi connectivity index (χ1n) is 9.13. The summed E-state index contributed by atoms with van der Waals surface area (Å²) in [6.07, 6.45) is 1.86. The Morgan fingerprint density at radius 3 is 2.33 bits per heavy atom. The van der Waals surface area contributed by atoms with E-state index >= 15 is 0 Å². The number of sulfonamides is 1. The van der Waals surface area contributed by atoms with Crippen LogP contribution in [0, 0.1) is 5.92 Å². The van der Waals surface area contributed by atoms with Gasteiger partial charge in [0, 0.05) is 24.6 Å². The van der Waals surface area contributed by atoms with E-state index in [2.05, 4.69) is 9.62 Å². The molecule has 2 aromatic carbocycles. The van der Waals surface area contributed by atoms with E-state index in [4.69, 9.17) is 4.74 Å². The first-order valence-corrected chi connectivity index (χ1v) is 10.6. The third-order valence-corrected chi connectivity index (χ3v) is 6.28. The van der Waals surface area contributed by atoms with Crippen LogP contribution in [0.1, 0.15) is 23.2 Å². The van der Waals surface area contributed by atoms with Crippen molar-refractivity contribution in [2.45, 2.75) is 17.7 Å². The summed E-state index contributed by atoms with van der Waals surface area (Å²) in [7, 11) is -3.74. The number of Topliss-reactive ketones (excluding diaryl/α,β-unsaturated/α-hetero) is 1. The average Bonchev–Trinajstić information content (AvgIpc) is 3.54. The van der Waals surface area contributed by atoms with E-state index in [1.165, 1.54) is 12.1 Å². The molecule has 4 rings (SSSR count). The minimum atomic E-state index is -3.74. The number of carbonyl (C=O) groups excluding carboxylic acids is 1. The molecule has 0 atom stereocenters. The van der Waals surface area contributed by atoms with Crippen LogP contribution in [0.25, 0.3) is 0 Å². The molecule has 7 heteroatoms. The zero-order valence-electron chi connectivity index (χ0n) is 14.9. The van der Waals surface area contributed by atoms with Crippen molar-refractivity contribution in [1.82, 2.24) is 0 Å². The maximum atomic E-state index is 12.8. The van der Waals surface area contributed by atoms with Crippen LogP contribution in [-0.2, 0) is 14.8 Å². The monoisotopic (exact) mass is 386 g/mol. The molecule has 0 aromatic heterocycles. The quantitative estimate of drug-likeness (QED) is 0.773. The summed E-state index contributed by atoms with van der Waals surface area (Å²) < 4.78 is 33.7. The molecule has 0 unspecified atom stereocenters. The largest absolute Gasteiger partial charge is 0.378 e. The highest BCUT2D eigenvalue weighted by atomic mass is 32.2. The van der Waals surface area contributed by atoms with Gasteiger partial charge in [0.1, 0.15) is 0 Å². The molecule has 1 saturated heterocycles. The standard InChI is InChI=1S/C20H22N2O4S/c23-20(15-5-6-15)16-7-9-17(10-8-16)27(24,25)21-18-3-1-2-4-19(18)22-11-13-26-14-12-22/h1-4,7-10,15,21H,5-6,11-14H2. The molecule has 27 heavy (non-hydrogen) atoms. The molecule has 2 aliphatic rings. The molecule has 142 valence electrons. The van der Waals surface area contributed by atoms with E-state index in [1.807, 2.05) is 12.1 Å². The average molecular weight is 386 g/mol. The number of nitrogens with zero attached hydrogens (tertiary/aromatic N) is 1. The number of anilines is 2. The van der Waals surface area contributed by atoms with Crippen molar-refractivity contribution >= 4 is 27.2 Å². The first kappa shape index (κ1) is 18.0. The Bertz CT molecular complexity index is 931. The van der Waals surface area contributed by atoms with E-state index < -0.39 is 10.0 Å². The molecule has 0 bridgehead atoms. The molecule has 0 radical (unpaired) electrons. The van der Waals surface area contributed by atoms with Gasteiger partial charge in [0.2, 0.25) is 0 Å². The highest BCUT2D eigenvalue weighted by molar-refractivity contribution is 7.92. The number of morpholine rings is 1. The predicted octanol–water partition coefficient (Wildman–Crippen LogP) is 2.92. The molecule has 1 heterocycles. The number of ether oxygens (including phenoxy) is 1. The fourth-order valence-corrected chi connectivity index (χ4v) is 4.30. The van der Waals surface area contributed by atoms with Crippen molar-refractivity contribution in [3.63, 3.8) is 0 Å². The lowest BCUT2D eigenvalue weighted by molar-refractivity contribution is 0.0967. The molecular weight excluding hydrogens is 364 g/mol. The number of nitrogens with one attached hydrogen (secondary N) is 1. The van der Waals surface area contributed by atoms with Crippen LogP contribution in [0.15, 0.2) is 53.4 Å². The van der Waals surface area contributed by atoms with Crippen LogP contribution in [-0.4, -0.2) is 40.5 Å². The molecule has 0 amide bonds. The van der Waals surface area contributed by atoms with Crippen LogP contribution in [0.5, 0.6) is 0 Å². The van der Waals surface area contributed by atoms with Gasteiger partial charge in [-0.25, -0.2) is 8.42 Å². The van der Waals surface area contributed by atoms with Crippen molar-refractivity contribution in [3.8, 4) is 0 Å². The van der Waals surface area contributed by atoms with Crippen LogP contribution >= 0.6 is 0 Å². The minimum absolute atomic E-state index is 0.101. The van der Waals surface area contributed by atoms with Gasteiger partial charge in [0.15, 0.2) is 5.78 Å². The van der Waals surface area contributed by atoms with Crippen molar-refractivity contribution in [1.29, 1.82) is 0 Å². The summed E-state index contributed by atoms with van der Waals surface area (Å²) in [5.41, 5.74) is 1.95. The van der Waals surface area contributed by atoms with Crippen molar-refractivity contribution < 1.29 is 17.9 Å². The fourth-order valence-electron chi connectivity index (χ4n) is 3.22. The molecule has 1 saturated carbocycles. The summed E-state index contributed by atoms with van der Waals surface area (Å²) in [5.74, 6) is 0.218. The van der Waals surface area contributed by atoms with E-state index in [0.29, 0.717) is 24.5 Å².